The normalized spacial score (nSPS) is 15.7. The Kier molecular flexibility index (Phi) is 9.89. The molecule has 2 aromatic carbocycles. The number of methoxy groups -OCH3 is 2. The van der Waals surface area contributed by atoms with Gasteiger partial charge in [0, 0.05) is 55.1 Å². The number of carbonyl (C=O) groups is 1. The number of aliphatic imine (C=N–C) groups is 1. The van der Waals surface area contributed by atoms with Gasteiger partial charge in [-0.3, -0.25) is 4.79 Å². The number of nitrogens with one attached hydrogen (secondary N) is 2. The van der Waals surface area contributed by atoms with Gasteiger partial charge in [0.05, 0.1) is 20.8 Å². The van der Waals surface area contributed by atoms with Gasteiger partial charge in [0.1, 0.15) is 11.5 Å². The van der Waals surface area contributed by atoms with Gasteiger partial charge in [-0.25, -0.2) is 4.99 Å². The number of hydrogen-bond donors (Lipinski definition) is 3. The highest BCUT2D eigenvalue weighted by Gasteiger charge is 2.24. The van der Waals surface area contributed by atoms with Crippen LogP contribution in [-0.4, -0.2) is 51.8 Å². The zero-order valence-electron chi connectivity index (χ0n) is 18.8. The number of nitrogens with zero attached hydrogens (tertiary/aromatic N) is 2. The van der Waals surface area contributed by atoms with E-state index in [9.17, 15) is 4.79 Å². The van der Waals surface area contributed by atoms with Crippen molar-refractivity contribution < 1.29 is 14.3 Å². The molecule has 0 bridgehead atoms. The van der Waals surface area contributed by atoms with Crippen LogP contribution in [0.1, 0.15) is 29.3 Å². The van der Waals surface area contributed by atoms with Gasteiger partial charge < -0.3 is 30.7 Å². The molecular weight excluding hydrogens is 521 g/mol. The van der Waals surface area contributed by atoms with Crippen molar-refractivity contribution in [3.05, 3.63) is 53.6 Å². The molecule has 8 nitrogen and oxygen atoms in total. The minimum absolute atomic E-state index is 0. The van der Waals surface area contributed by atoms with E-state index < -0.39 is 5.91 Å². The monoisotopic (exact) mass is 553 g/mol. The van der Waals surface area contributed by atoms with E-state index in [2.05, 4.69) is 20.5 Å². The fraction of sp³-hybridized carbons (Fsp3) is 0.391. The third-order valence-electron chi connectivity index (χ3n) is 5.21. The number of carbonyl (C=O) groups excluding carboxylic acids is 1. The summed E-state index contributed by atoms with van der Waals surface area (Å²) >= 11 is 0. The van der Waals surface area contributed by atoms with Gasteiger partial charge in [0.25, 0.3) is 0 Å². The summed E-state index contributed by atoms with van der Waals surface area (Å²) in [5.74, 6) is 1.87. The van der Waals surface area contributed by atoms with E-state index in [4.69, 9.17) is 15.2 Å². The third-order valence-corrected chi connectivity index (χ3v) is 5.21. The zero-order valence-corrected chi connectivity index (χ0v) is 21.1. The predicted octanol–water partition coefficient (Wildman–Crippen LogP) is 2.75. The van der Waals surface area contributed by atoms with Gasteiger partial charge in [-0.2, -0.15) is 0 Å². The lowest BCUT2D eigenvalue weighted by molar-refractivity contribution is 0.1000. The molecule has 1 fully saturated rings. The molecule has 32 heavy (non-hydrogen) atoms. The second-order valence-electron chi connectivity index (χ2n) is 7.41. The van der Waals surface area contributed by atoms with Crippen molar-refractivity contribution in [3.63, 3.8) is 0 Å². The Labute approximate surface area is 206 Å². The van der Waals surface area contributed by atoms with E-state index in [1.165, 1.54) is 0 Å². The molecule has 1 aliphatic rings. The maximum atomic E-state index is 11.4. The number of rotatable bonds is 8. The van der Waals surface area contributed by atoms with Crippen molar-refractivity contribution in [2.75, 3.05) is 38.8 Å². The molecule has 0 radical (unpaired) electrons. The van der Waals surface area contributed by atoms with Crippen molar-refractivity contribution in [3.8, 4) is 11.5 Å². The molecule has 3 rings (SSSR count). The number of amides is 1. The van der Waals surface area contributed by atoms with Crippen LogP contribution in [0.5, 0.6) is 11.5 Å². The lowest BCUT2D eigenvalue weighted by Crippen LogP contribution is -2.44. The Bertz CT molecular complexity index is 915. The number of anilines is 1. The van der Waals surface area contributed by atoms with E-state index in [1.807, 2.05) is 37.3 Å². The van der Waals surface area contributed by atoms with Crippen LogP contribution in [0.25, 0.3) is 0 Å². The van der Waals surface area contributed by atoms with E-state index in [-0.39, 0.29) is 30.0 Å². The van der Waals surface area contributed by atoms with Gasteiger partial charge in [-0.05, 0) is 31.0 Å². The van der Waals surface area contributed by atoms with Crippen LogP contribution in [0, 0.1) is 0 Å². The molecule has 1 aliphatic heterocycles. The van der Waals surface area contributed by atoms with Crippen LogP contribution in [0.2, 0.25) is 0 Å². The summed E-state index contributed by atoms with van der Waals surface area (Å²) in [5.41, 5.74) is 7.87. The topological polar surface area (TPSA) is 101 Å². The van der Waals surface area contributed by atoms with Crippen LogP contribution in [0.4, 0.5) is 5.69 Å². The second kappa shape index (κ2) is 12.4. The maximum Gasteiger partial charge on any atom is 0.248 e. The number of primary amides is 1. The Morgan fingerprint density at radius 3 is 2.53 bits per heavy atom. The standard InChI is InChI=1S/C23H31N5O3.HI/c1-4-25-23(26-14-16-6-5-7-17(10-16)22(24)29)27-18-8-9-28(15-18)19-11-20(30-2)13-21(12-19)31-3;/h5-7,10-13,18H,4,8-9,14-15H2,1-3H3,(H2,24,29)(H2,25,26,27);1H. The first-order chi connectivity index (χ1) is 15.0. The molecular formula is C23H32IN5O3. The van der Waals surface area contributed by atoms with Gasteiger partial charge in [-0.15, -0.1) is 24.0 Å². The number of hydrogen-bond acceptors (Lipinski definition) is 5. The Balaban J connectivity index is 0.00000363. The van der Waals surface area contributed by atoms with Gasteiger partial charge >= 0.3 is 0 Å². The smallest absolute Gasteiger partial charge is 0.248 e. The SMILES string of the molecule is CCNC(=NCc1cccc(C(N)=O)c1)NC1CCN(c2cc(OC)cc(OC)c2)C1.I. The van der Waals surface area contributed by atoms with E-state index in [0.29, 0.717) is 12.1 Å². The van der Waals surface area contributed by atoms with E-state index in [1.54, 1.807) is 26.4 Å². The Morgan fingerprint density at radius 1 is 1.19 bits per heavy atom. The summed E-state index contributed by atoms with van der Waals surface area (Å²) < 4.78 is 10.8. The molecule has 1 saturated heterocycles. The highest BCUT2D eigenvalue weighted by Crippen LogP contribution is 2.30. The largest absolute Gasteiger partial charge is 0.497 e. The Morgan fingerprint density at radius 2 is 1.91 bits per heavy atom. The van der Waals surface area contributed by atoms with Crippen molar-refractivity contribution in [2.24, 2.45) is 10.7 Å². The van der Waals surface area contributed by atoms with E-state index in [0.717, 1.165) is 54.8 Å². The number of guanidine groups is 1. The summed E-state index contributed by atoms with van der Waals surface area (Å²) in [5, 5.41) is 6.82. The zero-order chi connectivity index (χ0) is 22.2. The molecule has 0 spiro atoms. The molecule has 1 unspecified atom stereocenters. The fourth-order valence-corrected chi connectivity index (χ4v) is 3.59. The quantitative estimate of drug-likeness (QED) is 0.264. The third kappa shape index (κ3) is 6.91. The van der Waals surface area contributed by atoms with Crippen molar-refractivity contribution in [1.29, 1.82) is 0 Å². The summed E-state index contributed by atoms with van der Waals surface area (Å²) in [6.45, 7) is 5.02. The highest BCUT2D eigenvalue weighted by molar-refractivity contribution is 14.0. The van der Waals surface area contributed by atoms with Crippen LogP contribution in [0.15, 0.2) is 47.5 Å². The first-order valence-corrected chi connectivity index (χ1v) is 10.4. The molecule has 1 heterocycles. The molecule has 2 aromatic rings. The predicted molar refractivity (Wildman–Crippen MR) is 138 cm³/mol. The average molecular weight is 553 g/mol. The van der Waals surface area contributed by atoms with Crippen molar-refractivity contribution >= 4 is 41.5 Å². The first kappa shape index (κ1) is 25.6. The molecule has 1 atom stereocenters. The van der Waals surface area contributed by atoms with Crippen molar-refractivity contribution in [1.82, 2.24) is 10.6 Å². The second-order valence-corrected chi connectivity index (χ2v) is 7.41. The molecule has 9 heteroatoms. The number of benzene rings is 2. The highest BCUT2D eigenvalue weighted by atomic mass is 127. The van der Waals surface area contributed by atoms with Crippen LogP contribution in [0.3, 0.4) is 0 Å². The van der Waals surface area contributed by atoms with Crippen LogP contribution >= 0.6 is 24.0 Å². The molecule has 0 saturated carbocycles. The summed E-state index contributed by atoms with van der Waals surface area (Å²) in [6, 6.07) is 13.4. The summed E-state index contributed by atoms with van der Waals surface area (Å²) in [7, 11) is 3.32. The average Bonchev–Trinajstić information content (AvgIpc) is 3.26. The lowest BCUT2D eigenvalue weighted by Gasteiger charge is -2.21. The minimum atomic E-state index is -0.434. The van der Waals surface area contributed by atoms with Crippen LogP contribution < -0.4 is 30.7 Å². The molecule has 4 N–H and O–H groups in total. The molecule has 174 valence electrons. The number of halogens is 1. The molecule has 0 aromatic heterocycles. The molecule has 1 amide bonds. The van der Waals surface area contributed by atoms with Crippen LogP contribution in [-0.2, 0) is 6.54 Å². The lowest BCUT2D eigenvalue weighted by atomic mass is 10.1. The number of ether oxygens (including phenoxy) is 2. The van der Waals surface area contributed by atoms with Gasteiger partial charge in [-0.1, -0.05) is 12.1 Å². The van der Waals surface area contributed by atoms with Gasteiger partial charge in [0.2, 0.25) is 5.91 Å². The minimum Gasteiger partial charge on any atom is -0.497 e. The molecule has 0 aliphatic carbocycles. The summed E-state index contributed by atoms with van der Waals surface area (Å²) in [4.78, 5) is 18.4. The van der Waals surface area contributed by atoms with Gasteiger partial charge in [0.15, 0.2) is 5.96 Å². The van der Waals surface area contributed by atoms with Crippen molar-refractivity contribution in [2.45, 2.75) is 25.9 Å². The summed E-state index contributed by atoms with van der Waals surface area (Å²) in [6.07, 6.45) is 0.987. The van der Waals surface area contributed by atoms with E-state index >= 15 is 0 Å². The fourth-order valence-electron chi connectivity index (χ4n) is 3.59. The maximum absolute atomic E-state index is 11.4. The first-order valence-electron chi connectivity index (χ1n) is 10.4. The number of nitrogens with two attached hydrogens (primary N) is 1. The Hall–Kier alpha value is -2.69.